The third kappa shape index (κ3) is 3.43. The van der Waals surface area contributed by atoms with E-state index in [2.05, 4.69) is 170 Å². The highest BCUT2D eigenvalue weighted by Crippen LogP contribution is 2.65. The molecule has 1 atom stereocenters. The van der Waals surface area contributed by atoms with Crippen molar-refractivity contribution >= 4 is 43.7 Å². The van der Waals surface area contributed by atoms with Crippen LogP contribution in [0.3, 0.4) is 0 Å². The second-order valence-corrected chi connectivity index (χ2v) is 14.5. The fourth-order valence-electron chi connectivity index (χ4n) is 9.46. The van der Waals surface area contributed by atoms with Crippen LogP contribution >= 0.6 is 11.3 Å². The van der Waals surface area contributed by atoms with Crippen molar-refractivity contribution in [2.45, 2.75) is 12.3 Å². The lowest BCUT2D eigenvalue weighted by atomic mass is 9.71. The summed E-state index contributed by atoms with van der Waals surface area (Å²) >= 11 is 1.87. The summed E-state index contributed by atoms with van der Waals surface area (Å²) in [6.45, 7) is 2.22. The largest absolute Gasteiger partial charge is 0.143 e. The van der Waals surface area contributed by atoms with Gasteiger partial charge in [0.2, 0.25) is 0 Å². The van der Waals surface area contributed by atoms with Crippen molar-refractivity contribution in [3.63, 3.8) is 0 Å². The highest BCUT2D eigenvalue weighted by molar-refractivity contribution is 7.14. The third-order valence-corrected chi connectivity index (χ3v) is 12.1. The van der Waals surface area contributed by atoms with Gasteiger partial charge in [0.15, 0.2) is 0 Å². The lowest BCUT2D eigenvalue weighted by Gasteiger charge is -2.30. The van der Waals surface area contributed by atoms with Gasteiger partial charge in [-0.3, -0.25) is 0 Å². The van der Waals surface area contributed by atoms with Gasteiger partial charge in [-0.05, 0) is 117 Å². The summed E-state index contributed by atoms with van der Waals surface area (Å²) in [5.41, 5.74) is 15.8. The lowest BCUT2D eigenvalue weighted by Crippen LogP contribution is -2.25. The Bertz CT molecular complexity index is 2790. The van der Waals surface area contributed by atoms with E-state index in [0.29, 0.717) is 0 Å². The zero-order valence-electron chi connectivity index (χ0n) is 27.0. The van der Waals surface area contributed by atoms with Gasteiger partial charge in [-0.2, -0.15) is 0 Å². The van der Waals surface area contributed by atoms with Gasteiger partial charge in [-0.15, -0.1) is 11.3 Å². The molecule has 1 aromatic heterocycles. The quantitative estimate of drug-likeness (QED) is 0.165. The van der Waals surface area contributed by atoms with Crippen LogP contribution in [0.25, 0.3) is 76.1 Å². The van der Waals surface area contributed by atoms with Crippen molar-refractivity contribution in [3.05, 3.63) is 191 Å². The van der Waals surface area contributed by atoms with Crippen LogP contribution < -0.4 is 0 Å². The molecule has 0 nitrogen and oxygen atoms in total. The maximum absolute atomic E-state index is 2.40. The number of hydrogen-bond acceptors (Lipinski definition) is 1. The Morgan fingerprint density at radius 2 is 0.918 bits per heavy atom. The van der Waals surface area contributed by atoms with Crippen LogP contribution in [-0.4, -0.2) is 0 Å². The first-order valence-electron chi connectivity index (χ1n) is 17.1. The van der Waals surface area contributed by atoms with Crippen molar-refractivity contribution < 1.29 is 0 Å². The van der Waals surface area contributed by atoms with Crippen molar-refractivity contribution in [2.24, 2.45) is 0 Å². The summed E-state index contributed by atoms with van der Waals surface area (Å²) < 4.78 is 0. The summed E-state index contributed by atoms with van der Waals surface area (Å²) in [4.78, 5) is 1.40. The fourth-order valence-corrected chi connectivity index (χ4v) is 10.5. The Balaban J connectivity index is 1.30. The molecule has 2 aliphatic rings. The number of benzene rings is 8. The minimum Gasteiger partial charge on any atom is -0.143 e. The monoisotopic (exact) mass is 638 g/mol. The molecule has 0 bridgehead atoms. The molecule has 11 rings (SSSR count). The number of fused-ring (bicyclic) bond motifs is 13. The van der Waals surface area contributed by atoms with Crippen LogP contribution in [0.2, 0.25) is 0 Å². The van der Waals surface area contributed by atoms with Gasteiger partial charge in [-0.25, -0.2) is 0 Å². The van der Waals surface area contributed by atoms with E-state index in [1.807, 2.05) is 11.3 Å². The van der Waals surface area contributed by atoms with Gasteiger partial charge in [0.05, 0.1) is 5.41 Å². The summed E-state index contributed by atoms with van der Waals surface area (Å²) in [6, 6.07) is 59.4. The molecule has 0 saturated carbocycles. The predicted octanol–water partition coefficient (Wildman–Crippen LogP) is 13.2. The Morgan fingerprint density at radius 3 is 1.63 bits per heavy atom. The summed E-state index contributed by atoms with van der Waals surface area (Å²) in [7, 11) is 0. The van der Waals surface area contributed by atoms with Crippen LogP contribution in [0.5, 0.6) is 0 Å². The molecule has 9 aromatic rings. The van der Waals surface area contributed by atoms with E-state index in [9.17, 15) is 0 Å². The smallest absolute Gasteiger partial charge is 0.0734 e. The van der Waals surface area contributed by atoms with Crippen LogP contribution in [0.4, 0.5) is 0 Å². The summed E-state index contributed by atoms with van der Waals surface area (Å²) in [5.74, 6) is 0. The van der Waals surface area contributed by atoms with Gasteiger partial charge in [0.1, 0.15) is 0 Å². The Hall–Kier alpha value is -5.76. The highest BCUT2D eigenvalue weighted by Gasteiger charge is 2.52. The fraction of sp³-hybridized carbons (Fsp3) is 0.0417. The molecule has 228 valence electrons. The molecule has 1 unspecified atom stereocenters. The minimum atomic E-state index is -0.333. The van der Waals surface area contributed by atoms with E-state index in [1.165, 1.54) is 104 Å². The van der Waals surface area contributed by atoms with E-state index < -0.39 is 0 Å². The predicted molar refractivity (Wildman–Crippen MR) is 209 cm³/mol. The van der Waals surface area contributed by atoms with Crippen LogP contribution in [-0.2, 0) is 5.41 Å². The van der Waals surface area contributed by atoms with Crippen LogP contribution in [0, 0.1) is 6.92 Å². The first-order chi connectivity index (χ1) is 24.2. The maximum atomic E-state index is 2.40. The van der Waals surface area contributed by atoms with Gasteiger partial charge < -0.3 is 0 Å². The summed E-state index contributed by atoms with van der Waals surface area (Å²) in [6.07, 6.45) is 0. The molecular formula is C48H30S. The average Bonchev–Trinajstić information content (AvgIpc) is 3.83. The Morgan fingerprint density at radius 1 is 0.388 bits per heavy atom. The Kier molecular flexibility index (Phi) is 5.49. The van der Waals surface area contributed by atoms with E-state index in [-0.39, 0.29) is 5.41 Å². The first-order valence-corrected chi connectivity index (χ1v) is 18.0. The van der Waals surface area contributed by atoms with E-state index in [4.69, 9.17) is 0 Å². The number of aryl methyl sites for hydroxylation is 1. The molecule has 1 heterocycles. The highest BCUT2D eigenvalue weighted by atomic mass is 32.1. The van der Waals surface area contributed by atoms with E-state index >= 15 is 0 Å². The average molecular weight is 639 g/mol. The molecular weight excluding hydrogens is 609 g/mol. The molecule has 49 heavy (non-hydrogen) atoms. The molecule has 0 aliphatic heterocycles. The van der Waals surface area contributed by atoms with Gasteiger partial charge in [0, 0.05) is 4.88 Å². The van der Waals surface area contributed by atoms with Gasteiger partial charge in [-0.1, -0.05) is 152 Å². The number of rotatable bonds is 2. The zero-order chi connectivity index (χ0) is 32.3. The first kappa shape index (κ1) is 27.2. The summed E-state index contributed by atoms with van der Waals surface area (Å²) in [5, 5.41) is 10.0. The normalized spacial score (nSPS) is 15.5. The third-order valence-electron chi connectivity index (χ3n) is 11.2. The second kappa shape index (κ2) is 9.89. The molecule has 1 heteroatoms. The molecule has 1 spiro atoms. The van der Waals surface area contributed by atoms with E-state index in [0.717, 1.165) is 0 Å². The van der Waals surface area contributed by atoms with Crippen LogP contribution in [0.1, 0.15) is 27.8 Å². The SMILES string of the molecule is Cc1cc(-c2c3ccccc3c(-c3cccc4c3-c3ccccc3C43c4ccccc4-c4sccc43)c3ccccc23)c2ccccc2c1. The Labute approximate surface area is 289 Å². The number of thiophene rings is 1. The number of hydrogen-bond donors (Lipinski definition) is 0. The molecule has 2 aliphatic carbocycles. The van der Waals surface area contributed by atoms with Crippen LogP contribution in [0.15, 0.2) is 163 Å². The molecule has 0 N–H and O–H groups in total. The lowest BCUT2D eigenvalue weighted by molar-refractivity contribution is 0.796. The molecule has 0 radical (unpaired) electrons. The zero-order valence-corrected chi connectivity index (χ0v) is 27.8. The second-order valence-electron chi connectivity index (χ2n) is 13.6. The van der Waals surface area contributed by atoms with Gasteiger partial charge >= 0.3 is 0 Å². The molecule has 0 amide bonds. The van der Waals surface area contributed by atoms with Crippen molar-refractivity contribution in [3.8, 4) is 43.8 Å². The van der Waals surface area contributed by atoms with Crippen molar-refractivity contribution in [1.82, 2.24) is 0 Å². The molecule has 0 saturated heterocycles. The minimum absolute atomic E-state index is 0.333. The molecule has 8 aromatic carbocycles. The standard InChI is InChI=1S/C48H30S/c1-29-27-30-13-2-3-14-31(30)39(28-29)45-34-17-6-4-15-32(34)44(33-16-5-7-18-35(33)45)38-21-12-24-42-46(38)36-19-8-10-22-40(36)48(42)41-23-11-9-20-37(41)47-43(48)25-26-49-47/h2-28H,1H3. The maximum Gasteiger partial charge on any atom is 0.0734 e. The van der Waals surface area contributed by atoms with Crippen molar-refractivity contribution in [2.75, 3.05) is 0 Å². The van der Waals surface area contributed by atoms with E-state index in [1.54, 1.807) is 0 Å². The topological polar surface area (TPSA) is 0 Å². The molecule has 0 fully saturated rings. The van der Waals surface area contributed by atoms with Gasteiger partial charge in [0.25, 0.3) is 0 Å². The van der Waals surface area contributed by atoms with Crippen molar-refractivity contribution in [1.29, 1.82) is 0 Å².